The zero-order valence-corrected chi connectivity index (χ0v) is 11.9. The normalized spacial score (nSPS) is 10.3. The van der Waals surface area contributed by atoms with Gasteiger partial charge in [0.25, 0.3) is 11.6 Å². The minimum atomic E-state index is -0.446. The van der Waals surface area contributed by atoms with Crippen LogP contribution >= 0.6 is 0 Å². The Bertz CT molecular complexity index is 475. The fourth-order valence-corrected chi connectivity index (χ4v) is 1.84. The van der Waals surface area contributed by atoms with Crippen molar-refractivity contribution in [1.82, 2.24) is 10.6 Å². The molecular weight excluding hydrogens is 258 g/mol. The second-order valence-corrected chi connectivity index (χ2v) is 4.46. The Kier molecular flexibility index (Phi) is 6.66. The molecular formula is C14H21N3O3. The summed E-state index contributed by atoms with van der Waals surface area (Å²) < 4.78 is 0. The van der Waals surface area contributed by atoms with Gasteiger partial charge in [0.15, 0.2) is 0 Å². The summed E-state index contributed by atoms with van der Waals surface area (Å²) in [6.45, 7) is 6.02. The van der Waals surface area contributed by atoms with E-state index < -0.39 is 4.92 Å². The second kappa shape index (κ2) is 8.27. The summed E-state index contributed by atoms with van der Waals surface area (Å²) in [5, 5.41) is 16.9. The average molecular weight is 279 g/mol. The number of rotatable bonds is 8. The van der Waals surface area contributed by atoms with Gasteiger partial charge in [-0.1, -0.05) is 19.9 Å². The predicted octanol–water partition coefficient (Wildman–Crippen LogP) is 1.89. The fourth-order valence-electron chi connectivity index (χ4n) is 1.84. The quantitative estimate of drug-likeness (QED) is 0.432. The van der Waals surface area contributed by atoms with Crippen LogP contribution in [0, 0.1) is 10.1 Å². The Morgan fingerprint density at radius 3 is 2.60 bits per heavy atom. The van der Waals surface area contributed by atoms with Crippen LogP contribution in [0.1, 0.15) is 36.2 Å². The van der Waals surface area contributed by atoms with Crippen LogP contribution in [0.3, 0.4) is 0 Å². The van der Waals surface area contributed by atoms with Crippen LogP contribution < -0.4 is 10.6 Å². The number of carbonyl (C=O) groups excluding carboxylic acids is 1. The van der Waals surface area contributed by atoms with Gasteiger partial charge in [-0.25, -0.2) is 0 Å². The number of nitrogens with one attached hydrogen (secondary N) is 2. The number of aryl methyl sites for hydroxylation is 1. The number of nitrogens with zero attached hydrogens (tertiary/aromatic N) is 1. The first-order valence-electron chi connectivity index (χ1n) is 6.86. The number of benzene rings is 1. The monoisotopic (exact) mass is 279 g/mol. The first-order valence-corrected chi connectivity index (χ1v) is 6.86. The number of nitro groups is 1. The van der Waals surface area contributed by atoms with Crippen molar-refractivity contribution >= 4 is 11.6 Å². The predicted molar refractivity (Wildman–Crippen MR) is 78.0 cm³/mol. The van der Waals surface area contributed by atoms with Crippen LogP contribution in [0.2, 0.25) is 0 Å². The molecule has 1 amide bonds. The maximum Gasteiger partial charge on any atom is 0.273 e. The second-order valence-electron chi connectivity index (χ2n) is 4.46. The molecule has 6 heteroatoms. The van der Waals surface area contributed by atoms with Crippen molar-refractivity contribution in [2.45, 2.75) is 26.7 Å². The summed E-state index contributed by atoms with van der Waals surface area (Å²) in [5.74, 6) is -0.283. The summed E-state index contributed by atoms with van der Waals surface area (Å²) in [6, 6.07) is 4.61. The molecule has 0 saturated carbocycles. The molecule has 6 nitrogen and oxygen atoms in total. The lowest BCUT2D eigenvalue weighted by Gasteiger charge is -2.07. The smallest absolute Gasteiger partial charge is 0.273 e. The van der Waals surface area contributed by atoms with E-state index >= 15 is 0 Å². The standard InChI is InChI=1S/C14H21N3O3/c1-3-7-15-8-9-16-14(18)12-6-5-11(4-2)13(10-12)17(19)20/h5-6,10,15H,3-4,7-9H2,1-2H3,(H,16,18). The van der Waals surface area contributed by atoms with Crippen LogP contribution in [0.4, 0.5) is 5.69 Å². The highest BCUT2D eigenvalue weighted by Gasteiger charge is 2.15. The topological polar surface area (TPSA) is 84.3 Å². The van der Waals surface area contributed by atoms with Crippen molar-refractivity contribution in [3.8, 4) is 0 Å². The van der Waals surface area contributed by atoms with E-state index in [0.29, 0.717) is 30.6 Å². The highest BCUT2D eigenvalue weighted by Crippen LogP contribution is 2.20. The third kappa shape index (κ3) is 4.62. The Labute approximate surface area is 118 Å². The van der Waals surface area contributed by atoms with Gasteiger partial charge in [0.1, 0.15) is 0 Å². The number of hydrogen-bond donors (Lipinski definition) is 2. The molecule has 0 bridgehead atoms. The molecule has 0 spiro atoms. The molecule has 0 heterocycles. The zero-order valence-electron chi connectivity index (χ0n) is 11.9. The van der Waals surface area contributed by atoms with Crippen molar-refractivity contribution < 1.29 is 9.72 Å². The van der Waals surface area contributed by atoms with Crippen LogP contribution in [0.5, 0.6) is 0 Å². The number of nitro benzene ring substituents is 1. The van der Waals surface area contributed by atoms with Crippen molar-refractivity contribution in [3.05, 3.63) is 39.4 Å². The lowest BCUT2D eigenvalue weighted by molar-refractivity contribution is -0.385. The molecule has 110 valence electrons. The number of amides is 1. The van der Waals surface area contributed by atoms with E-state index in [1.165, 1.54) is 6.07 Å². The Hall–Kier alpha value is -1.95. The first kappa shape index (κ1) is 16.1. The Balaban J connectivity index is 2.64. The zero-order chi connectivity index (χ0) is 15.0. The highest BCUT2D eigenvalue weighted by molar-refractivity contribution is 5.95. The summed E-state index contributed by atoms with van der Waals surface area (Å²) >= 11 is 0. The maximum absolute atomic E-state index is 11.9. The minimum Gasteiger partial charge on any atom is -0.351 e. The SMILES string of the molecule is CCCNCCNC(=O)c1ccc(CC)c([N+](=O)[O-])c1. The molecule has 1 aromatic carbocycles. The van der Waals surface area contributed by atoms with Gasteiger partial charge in [0.2, 0.25) is 0 Å². The molecule has 2 N–H and O–H groups in total. The van der Waals surface area contributed by atoms with Gasteiger partial charge in [-0.15, -0.1) is 0 Å². The molecule has 20 heavy (non-hydrogen) atoms. The molecule has 0 aliphatic carbocycles. The van der Waals surface area contributed by atoms with Gasteiger partial charge < -0.3 is 10.6 Å². The molecule has 0 aliphatic heterocycles. The van der Waals surface area contributed by atoms with Crippen molar-refractivity contribution in [2.24, 2.45) is 0 Å². The highest BCUT2D eigenvalue weighted by atomic mass is 16.6. The van der Waals surface area contributed by atoms with E-state index in [4.69, 9.17) is 0 Å². The Morgan fingerprint density at radius 1 is 1.25 bits per heavy atom. The number of carbonyl (C=O) groups is 1. The van der Waals surface area contributed by atoms with E-state index in [1.807, 2.05) is 6.92 Å². The average Bonchev–Trinajstić information content (AvgIpc) is 2.46. The van der Waals surface area contributed by atoms with E-state index in [2.05, 4.69) is 17.6 Å². The summed E-state index contributed by atoms with van der Waals surface area (Å²) in [5.41, 5.74) is 0.963. The number of hydrogen-bond acceptors (Lipinski definition) is 4. The molecule has 0 fully saturated rings. The third-order valence-corrected chi connectivity index (χ3v) is 2.94. The van der Waals surface area contributed by atoms with E-state index in [-0.39, 0.29) is 11.6 Å². The summed E-state index contributed by atoms with van der Waals surface area (Å²) in [7, 11) is 0. The fraction of sp³-hybridized carbons (Fsp3) is 0.500. The van der Waals surface area contributed by atoms with E-state index in [0.717, 1.165) is 13.0 Å². The molecule has 1 rings (SSSR count). The van der Waals surface area contributed by atoms with Crippen LogP contribution in [0.25, 0.3) is 0 Å². The van der Waals surface area contributed by atoms with Crippen molar-refractivity contribution in [2.75, 3.05) is 19.6 Å². The molecule has 0 aliphatic rings. The molecule has 0 aromatic heterocycles. The van der Waals surface area contributed by atoms with Crippen LogP contribution in [-0.2, 0) is 6.42 Å². The molecule has 1 aromatic rings. The summed E-state index contributed by atoms with van der Waals surface area (Å²) in [6.07, 6.45) is 1.61. The van der Waals surface area contributed by atoms with Gasteiger partial charge in [0.05, 0.1) is 4.92 Å². The van der Waals surface area contributed by atoms with Gasteiger partial charge in [-0.2, -0.15) is 0 Å². The van der Waals surface area contributed by atoms with Crippen molar-refractivity contribution in [1.29, 1.82) is 0 Å². The van der Waals surface area contributed by atoms with Crippen LogP contribution in [0.15, 0.2) is 18.2 Å². The van der Waals surface area contributed by atoms with Gasteiger partial charge in [-0.3, -0.25) is 14.9 Å². The van der Waals surface area contributed by atoms with E-state index in [1.54, 1.807) is 12.1 Å². The minimum absolute atomic E-state index is 0.00394. The van der Waals surface area contributed by atoms with Crippen molar-refractivity contribution in [3.63, 3.8) is 0 Å². The largest absolute Gasteiger partial charge is 0.351 e. The van der Waals surface area contributed by atoms with Gasteiger partial charge in [0, 0.05) is 30.3 Å². The van der Waals surface area contributed by atoms with Crippen LogP contribution in [-0.4, -0.2) is 30.5 Å². The molecule has 0 unspecified atom stereocenters. The van der Waals surface area contributed by atoms with E-state index in [9.17, 15) is 14.9 Å². The summed E-state index contributed by atoms with van der Waals surface area (Å²) in [4.78, 5) is 22.4. The first-order chi connectivity index (χ1) is 9.60. The maximum atomic E-state index is 11.9. The van der Waals surface area contributed by atoms with Gasteiger partial charge >= 0.3 is 0 Å². The lowest BCUT2D eigenvalue weighted by Crippen LogP contribution is -2.32. The molecule has 0 saturated heterocycles. The van der Waals surface area contributed by atoms with Gasteiger partial charge in [-0.05, 0) is 25.5 Å². The molecule has 0 radical (unpaired) electrons. The molecule has 0 atom stereocenters. The lowest BCUT2D eigenvalue weighted by atomic mass is 10.1. The third-order valence-electron chi connectivity index (χ3n) is 2.94. The Morgan fingerprint density at radius 2 is 2.00 bits per heavy atom.